The first kappa shape index (κ1) is 14.5. The fourth-order valence-corrected chi connectivity index (χ4v) is 2.42. The Morgan fingerprint density at radius 1 is 1.40 bits per heavy atom. The number of halogens is 1. The molecule has 0 saturated heterocycles. The molecule has 0 aliphatic carbocycles. The molecule has 0 atom stereocenters. The van der Waals surface area contributed by atoms with Gasteiger partial charge in [0.1, 0.15) is 17.5 Å². The number of hydrogen-bond donors (Lipinski definition) is 1. The number of aromatic nitrogens is 1. The van der Waals surface area contributed by atoms with Crippen LogP contribution in [0.1, 0.15) is 17.0 Å². The van der Waals surface area contributed by atoms with E-state index in [1.165, 1.54) is 0 Å². The number of ether oxygens (including phenoxy) is 1. The second-order valence-electron chi connectivity index (χ2n) is 4.51. The van der Waals surface area contributed by atoms with E-state index in [1.54, 1.807) is 7.11 Å². The lowest BCUT2D eigenvalue weighted by Gasteiger charge is -2.09. The molecular formula is C15H16BrN3O. The summed E-state index contributed by atoms with van der Waals surface area (Å²) in [6.07, 6.45) is 0. The van der Waals surface area contributed by atoms with Crippen molar-refractivity contribution in [2.45, 2.75) is 13.5 Å². The highest BCUT2D eigenvalue weighted by Crippen LogP contribution is 2.28. The summed E-state index contributed by atoms with van der Waals surface area (Å²) in [5.41, 5.74) is 3.86. The van der Waals surface area contributed by atoms with Crippen molar-refractivity contribution >= 4 is 21.6 Å². The molecule has 0 fully saturated rings. The highest BCUT2D eigenvalue weighted by Gasteiger charge is 2.08. The second kappa shape index (κ2) is 6.02. The number of anilines is 1. The van der Waals surface area contributed by atoms with E-state index in [4.69, 9.17) is 10.00 Å². The molecule has 0 aliphatic heterocycles. The molecule has 0 bridgehead atoms. The topological polar surface area (TPSA) is 50.0 Å². The third-order valence-corrected chi connectivity index (χ3v) is 4.04. The minimum absolute atomic E-state index is 0.673. The summed E-state index contributed by atoms with van der Waals surface area (Å²) in [6, 6.07) is 9.97. The van der Waals surface area contributed by atoms with Gasteiger partial charge in [-0.2, -0.15) is 5.26 Å². The van der Waals surface area contributed by atoms with E-state index in [2.05, 4.69) is 27.3 Å². The van der Waals surface area contributed by atoms with Crippen molar-refractivity contribution < 1.29 is 4.74 Å². The van der Waals surface area contributed by atoms with E-state index in [0.29, 0.717) is 12.2 Å². The van der Waals surface area contributed by atoms with E-state index < -0.39 is 0 Å². The van der Waals surface area contributed by atoms with Crippen LogP contribution in [-0.4, -0.2) is 11.7 Å². The molecule has 0 radical (unpaired) electrons. The van der Waals surface area contributed by atoms with E-state index in [-0.39, 0.29) is 0 Å². The number of nitrogens with zero attached hydrogens (tertiary/aromatic N) is 2. The molecule has 0 saturated carbocycles. The van der Waals surface area contributed by atoms with Crippen LogP contribution in [0.15, 0.2) is 28.7 Å². The lowest BCUT2D eigenvalue weighted by molar-refractivity contribution is 0.412. The Bertz CT molecular complexity index is 670. The summed E-state index contributed by atoms with van der Waals surface area (Å²) in [5.74, 6) is 0.789. The molecule has 0 spiro atoms. The molecule has 0 aliphatic rings. The molecule has 1 N–H and O–H groups in total. The van der Waals surface area contributed by atoms with Crippen molar-refractivity contribution in [3.05, 3.63) is 45.7 Å². The van der Waals surface area contributed by atoms with Gasteiger partial charge in [0, 0.05) is 31.0 Å². The van der Waals surface area contributed by atoms with Gasteiger partial charge in [0.05, 0.1) is 11.6 Å². The Balaban J connectivity index is 2.15. The predicted octanol–water partition coefficient (Wildman–Crippen LogP) is 3.59. The highest BCUT2D eigenvalue weighted by molar-refractivity contribution is 9.10. The number of nitrogens with one attached hydrogen (secondary N) is 1. The lowest BCUT2D eigenvalue weighted by atomic mass is 10.2. The van der Waals surface area contributed by atoms with Gasteiger partial charge in [0.15, 0.2) is 0 Å². The van der Waals surface area contributed by atoms with Gasteiger partial charge in [0.25, 0.3) is 0 Å². The van der Waals surface area contributed by atoms with Gasteiger partial charge in [-0.3, -0.25) is 0 Å². The van der Waals surface area contributed by atoms with Gasteiger partial charge in [-0.05, 0) is 46.6 Å². The van der Waals surface area contributed by atoms with Crippen LogP contribution >= 0.6 is 15.9 Å². The summed E-state index contributed by atoms with van der Waals surface area (Å²) < 4.78 is 8.09. The Hall–Kier alpha value is -1.93. The van der Waals surface area contributed by atoms with Crippen LogP contribution in [0.3, 0.4) is 0 Å². The average molecular weight is 334 g/mol. The first-order valence-corrected chi connectivity index (χ1v) is 6.98. The number of rotatable bonds is 4. The smallest absolute Gasteiger partial charge is 0.135 e. The highest BCUT2D eigenvalue weighted by atomic mass is 79.9. The SMILES string of the molecule is COc1cc(NCc2cc(C#N)n(C)c2C)ccc1Br. The minimum atomic E-state index is 0.673. The Kier molecular flexibility index (Phi) is 4.35. The van der Waals surface area contributed by atoms with Crippen LogP contribution < -0.4 is 10.1 Å². The van der Waals surface area contributed by atoms with E-state index in [0.717, 1.165) is 27.2 Å². The molecule has 1 aromatic carbocycles. The van der Waals surface area contributed by atoms with Gasteiger partial charge in [0.2, 0.25) is 0 Å². The number of hydrogen-bond acceptors (Lipinski definition) is 3. The molecule has 0 amide bonds. The zero-order valence-electron chi connectivity index (χ0n) is 11.7. The van der Waals surface area contributed by atoms with Gasteiger partial charge in [-0.25, -0.2) is 0 Å². The van der Waals surface area contributed by atoms with Crippen molar-refractivity contribution in [3.63, 3.8) is 0 Å². The minimum Gasteiger partial charge on any atom is -0.495 e. The first-order valence-electron chi connectivity index (χ1n) is 6.19. The Labute approximate surface area is 127 Å². The predicted molar refractivity (Wildman–Crippen MR) is 82.9 cm³/mol. The van der Waals surface area contributed by atoms with Crippen LogP contribution in [-0.2, 0) is 13.6 Å². The maximum Gasteiger partial charge on any atom is 0.135 e. The first-order chi connectivity index (χ1) is 9.56. The number of nitriles is 1. The average Bonchev–Trinajstić information content (AvgIpc) is 2.74. The zero-order valence-corrected chi connectivity index (χ0v) is 13.3. The van der Waals surface area contributed by atoms with Crippen LogP contribution in [0, 0.1) is 18.3 Å². The second-order valence-corrected chi connectivity index (χ2v) is 5.37. The maximum absolute atomic E-state index is 9.03. The fraction of sp³-hybridized carbons (Fsp3) is 0.267. The summed E-state index contributed by atoms with van der Waals surface area (Å²) in [5, 5.41) is 12.4. The number of benzene rings is 1. The van der Waals surface area contributed by atoms with Crippen molar-refractivity contribution in [2.24, 2.45) is 7.05 Å². The molecule has 20 heavy (non-hydrogen) atoms. The quantitative estimate of drug-likeness (QED) is 0.930. The third kappa shape index (κ3) is 2.81. The third-order valence-electron chi connectivity index (χ3n) is 3.39. The molecule has 104 valence electrons. The normalized spacial score (nSPS) is 10.2. The van der Waals surface area contributed by atoms with Gasteiger partial charge < -0.3 is 14.6 Å². The largest absolute Gasteiger partial charge is 0.495 e. The molecule has 0 unspecified atom stereocenters. The summed E-state index contributed by atoms with van der Waals surface area (Å²) in [4.78, 5) is 0. The van der Waals surface area contributed by atoms with E-state index in [1.807, 2.05) is 42.8 Å². The molecule has 2 aromatic rings. The summed E-state index contributed by atoms with van der Waals surface area (Å²) in [6.45, 7) is 2.69. The standard InChI is InChI=1S/C15H16BrN3O/c1-10-11(6-13(8-17)19(10)2)9-18-12-4-5-14(16)15(7-12)20-3/h4-7,18H,9H2,1-3H3. The van der Waals surface area contributed by atoms with Gasteiger partial charge in [-0.1, -0.05) is 0 Å². The van der Waals surface area contributed by atoms with Crippen molar-refractivity contribution in [2.75, 3.05) is 12.4 Å². The fourth-order valence-electron chi connectivity index (χ4n) is 2.02. The Morgan fingerprint density at radius 2 is 2.15 bits per heavy atom. The van der Waals surface area contributed by atoms with Crippen LogP contribution in [0.4, 0.5) is 5.69 Å². The monoisotopic (exact) mass is 333 g/mol. The van der Waals surface area contributed by atoms with E-state index >= 15 is 0 Å². The molecule has 2 rings (SSSR count). The zero-order chi connectivity index (χ0) is 14.7. The Morgan fingerprint density at radius 3 is 2.75 bits per heavy atom. The number of methoxy groups -OCH3 is 1. The van der Waals surface area contributed by atoms with Crippen molar-refractivity contribution in [1.29, 1.82) is 5.26 Å². The molecule has 1 aromatic heterocycles. The molecule has 4 nitrogen and oxygen atoms in total. The van der Waals surface area contributed by atoms with Crippen LogP contribution in [0.5, 0.6) is 5.75 Å². The van der Waals surface area contributed by atoms with E-state index in [9.17, 15) is 0 Å². The van der Waals surface area contributed by atoms with Crippen molar-refractivity contribution in [3.8, 4) is 11.8 Å². The van der Waals surface area contributed by atoms with Crippen molar-refractivity contribution in [1.82, 2.24) is 4.57 Å². The van der Waals surface area contributed by atoms with Crippen LogP contribution in [0.25, 0.3) is 0 Å². The molecule has 1 heterocycles. The molecule has 5 heteroatoms. The molecular weight excluding hydrogens is 318 g/mol. The van der Waals surface area contributed by atoms with Gasteiger partial charge >= 0.3 is 0 Å². The summed E-state index contributed by atoms with van der Waals surface area (Å²) >= 11 is 3.43. The van der Waals surface area contributed by atoms with Gasteiger partial charge in [-0.15, -0.1) is 0 Å². The lowest BCUT2D eigenvalue weighted by Crippen LogP contribution is -2.01. The summed E-state index contributed by atoms with van der Waals surface area (Å²) in [7, 11) is 3.55. The van der Waals surface area contributed by atoms with Crippen LogP contribution in [0.2, 0.25) is 0 Å². The maximum atomic E-state index is 9.03.